The lowest BCUT2D eigenvalue weighted by molar-refractivity contribution is 0.590. The SMILES string of the molecule is c1coc([Si]c2ccco2)c1. The van der Waals surface area contributed by atoms with Crippen LogP contribution in [0.3, 0.4) is 0 Å². The van der Waals surface area contributed by atoms with E-state index in [0.717, 1.165) is 10.8 Å². The molecule has 2 heterocycles. The molecule has 0 amide bonds. The van der Waals surface area contributed by atoms with Gasteiger partial charge in [-0.1, -0.05) is 0 Å². The predicted octanol–water partition coefficient (Wildman–Crippen LogP) is 0.528. The van der Waals surface area contributed by atoms with E-state index in [0.29, 0.717) is 9.52 Å². The minimum atomic E-state index is 0.492. The summed E-state index contributed by atoms with van der Waals surface area (Å²) in [5, 5.41) is 1.92. The fourth-order valence-electron chi connectivity index (χ4n) is 0.821. The molecule has 11 heavy (non-hydrogen) atoms. The minimum Gasteiger partial charge on any atom is -0.474 e. The van der Waals surface area contributed by atoms with Crippen LogP contribution in [0.4, 0.5) is 0 Å². The quantitative estimate of drug-likeness (QED) is 0.602. The highest BCUT2D eigenvalue weighted by Gasteiger charge is 2.01. The molecule has 2 nitrogen and oxygen atoms in total. The van der Waals surface area contributed by atoms with Crippen molar-refractivity contribution >= 4 is 20.3 Å². The highest BCUT2D eigenvalue weighted by atomic mass is 28.2. The molecule has 2 aromatic heterocycles. The smallest absolute Gasteiger partial charge is 0.222 e. The molecule has 2 aromatic rings. The van der Waals surface area contributed by atoms with Crippen LogP contribution in [0.2, 0.25) is 0 Å². The van der Waals surface area contributed by atoms with Crippen molar-refractivity contribution < 1.29 is 8.83 Å². The first kappa shape index (κ1) is 6.48. The van der Waals surface area contributed by atoms with Crippen LogP contribution in [0.25, 0.3) is 0 Å². The molecule has 0 atom stereocenters. The van der Waals surface area contributed by atoms with Crippen molar-refractivity contribution in [1.82, 2.24) is 0 Å². The van der Waals surface area contributed by atoms with Crippen molar-refractivity contribution in [3.8, 4) is 0 Å². The van der Waals surface area contributed by atoms with Gasteiger partial charge in [-0.3, -0.25) is 0 Å². The summed E-state index contributed by atoms with van der Waals surface area (Å²) in [4.78, 5) is 0. The first-order valence-corrected chi connectivity index (χ1v) is 4.29. The van der Waals surface area contributed by atoms with Gasteiger partial charge in [0.05, 0.1) is 23.3 Å². The Hall–Kier alpha value is -1.22. The van der Waals surface area contributed by atoms with Crippen molar-refractivity contribution in [3.63, 3.8) is 0 Å². The molecule has 0 aliphatic carbocycles. The summed E-state index contributed by atoms with van der Waals surface area (Å²) in [5.74, 6) is 0. The summed E-state index contributed by atoms with van der Waals surface area (Å²) in [6.45, 7) is 0. The molecule has 54 valence electrons. The van der Waals surface area contributed by atoms with E-state index in [1.54, 1.807) is 12.5 Å². The van der Waals surface area contributed by atoms with Crippen LogP contribution >= 0.6 is 0 Å². The van der Waals surface area contributed by atoms with Gasteiger partial charge >= 0.3 is 0 Å². The van der Waals surface area contributed by atoms with Crippen LogP contribution in [0, 0.1) is 0 Å². The fourth-order valence-corrected chi connectivity index (χ4v) is 1.68. The van der Waals surface area contributed by atoms with Crippen LogP contribution in [-0.4, -0.2) is 9.52 Å². The Morgan fingerprint density at radius 3 is 1.82 bits per heavy atom. The minimum absolute atomic E-state index is 0.492. The second-order valence-corrected chi connectivity index (χ2v) is 3.32. The normalized spacial score (nSPS) is 10.2. The van der Waals surface area contributed by atoms with Gasteiger partial charge in [-0.25, -0.2) is 0 Å². The van der Waals surface area contributed by atoms with Crippen LogP contribution in [0.1, 0.15) is 0 Å². The average molecular weight is 162 g/mol. The first-order chi connectivity index (χ1) is 5.45. The molecule has 3 heteroatoms. The van der Waals surface area contributed by atoms with Crippen LogP contribution < -0.4 is 10.8 Å². The molecule has 0 saturated heterocycles. The largest absolute Gasteiger partial charge is 0.474 e. The molecule has 0 N–H and O–H groups in total. The molecule has 0 aliphatic heterocycles. The summed E-state index contributed by atoms with van der Waals surface area (Å²) in [6, 6.07) is 7.65. The molecule has 0 saturated carbocycles. The standard InChI is InChI=1S/C8H6O2Si/c1-3-7(9-5-1)11-8-4-2-6-10-8/h1-6H. The van der Waals surface area contributed by atoms with Gasteiger partial charge in [-0.05, 0) is 24.3 Å². The molecule has 0 fully saturated rings. The maximum absolute atomic E-state index is 5.16. The van der Waals surface area contributed by atoms with Crippen molar-refractivity contribution in [2.24, 2.45) is 0 Å². The van der Waals surface area contributed by atoms with E-state index in [4.69, 9.17) is 8.83 Å². The Balaban J connectivity index is 2.14. The van der Waals surface area contributed by atoms with Crippen LogP contribution in [0.5, 0.6) is 0 Å². The number of rotatable bonds is 2. The van der Waals surface area contributed by atoms with Crippen molar-refractivity contribution in [3.05, 3.63) is 36.8 Å². The zero-order chi connectivity index (χ0) is 7.52. The van der Waals surface area contributed by atoms with E-state index < -0.39 is 0 Å². The summed E-state index contributed by atoms with van der Waals surface area (Å²) in [5.41, 5.74) is 0. The van der Waals surface area contributed by atoms with Crippen molar-refractivity contribution in [2.45, 2.75) is 0 Å². The Kier molecular flexibility index (Phi) is 1.65. The van der Waals surface area contributed by atoms with Crippen LogP contribution in [0.15, 0.2) is 45.6 Å². The molecule has 0 unspecified atom stereocenters. The molecular weight excluding hydrogens is 156 g/mol. The number of hydrogen-bond acceptors (Lipinski definition) is 2. The lowest BCUT2D eigenvalue weighted by Gasteiger charge is -1.87. The van der Waals surface area contributed by atoms with E-state index in [1.165, 1.54) is 0 Å². The summed E-state index contributed by atoms with van der Waals surface area (Å²) in [6.07, 6.45) is 3.34. The lowest BCUT2D eigenvalue weighted by atomic mass is 10.7. The highest BCUT2D eigenvalue weighted by Crippen LogP contribution is 1.84. The Morgan fingerprint density at radius 2 is 1.45 bits per heavy atom. The van der Waals surface area contributed by atoms with Gasteiger partial charge in [-0.15, -0.1) is 0 Å². The van der Waals surface area contributed by atoms with E-state index in [9.17, 15) is 0 Å². The molecule has 0 aliphatic rings. The second kappa shape index (κ2) is 2.80. The Morgan fingerprint density at radius 1 is 0.909 bits per heavy atom. The van der Waals surface area contributed by atoms with Gasteiger partial charge in [0.25, 0.3) is 0 Å². The zero-order valence-corrected chi connectivity index (χ0v) is 6.78. The molecule has 2 rings (SSSR count). The van der Waals surface area contributed by atoms with E-state index in [1.807, 2.05) is 24.3 Å². The predicted molar refractivity (Wildman–Crippen MR) is 42.4 cm³/mol. The Labute approximate surface area is 66.7 Å². The maximum Gasteiger partial charge on any atom is 0.222 e. The first-order valence-electron chi connectivity index (χ1n) is 3.29. The summed E-state index contributed by atoms with van der Waals surface area (Å²) < 4.78 is 10.3. The van der Waals surface area contributed by atoms with E-state index in [2.05, 4.69) is 0 Å². The highest BCUT2D eigenvalue weighted by molar-refractivity contribution is 6.64. The average Bonchev–Trinajstić information content (AvgIpc) is 2.60. The summed E-state index contributed by atoms with van der Waals surface area (Å²) in [7, 11) is 0.492. The topological polar surface area (TPSA) is 26.3 Å². The van der Waals surface area contributed by atoms with Gasteiger partial charge in [0, 0.05) is 0 Å². The van der Waals surface area contributed by atoms with Crippen molar-refractivity contribution in [1.29, 1.82) is 0 Å². The number of furan rings is 2. The fraction of sp³-hybridized carbons (Fsp3) is 0. The third-order valence-electron chi connectivity index (χ3n) is 1.29. The van der Waals surface area contributed by atoms with E-state index >= 15 is 0 Å². The molecule has 2 radical (unpaired) electrons. The third-order valence-corrected chi connectivity index (χ3v) is 2.35. The molecule has 0 spiro atoms. The number of hydrogen-bond donors (Lipinski definition) is 0. The third kappa shape index (κ3) is 1.43. The second-order valence-electron chi connectivity index (χ2n) is 2.08. The van der Waals surface area contributed by atoms with Crippen molar-refractivity contribution in [2.75, 3.05) is 0 Å². The Bertz CT molecular complexity index is 264. The van der Waals surface area contributed by atoms with Gasteiger partial charge in [0.2, 0.25) is 9.52 Å². The maximum atomic E-state index is 5.16. The van der Waals surface area contributed by atoms with Gasteiger partial charge in [-0.2, -0.15) is 0 Å². The van der Waals surface area contributed by atoms with Gasteiger partial charge in [0.1, 0.15) is 0 Å². The van der Waals surface area contributed by atoms with Gasteiger partial charge in [0.15, 0.2) is 0 Å². The molecule has 0 aromatic carbocycles. The zero-order valence-electron chi connectivity index (χ0n) is 5.78. The molecule has 0 bridgehead atoms. The molecular formula is C8H6O2Si. The van der Waals surface area contributed by atoms with Gasteiger partial charge < -0.3 is 8.83 Å². The van der Waals surface area contributed by atoms with E-state index in [-0.39, 0.29) is 0 Å². The lowest BCUT2D eigenvalue weighted by Crippen LogP contribution is -2.23. The summed E-state index contributed by atoms with van der Waals surface area (Å²) >= 11 is 0. The monoisotopic (exact) mass is 162 g/mol. The van der Waals surface area contributed by atoms with Crippen LogP contribution in [-0.2, 0) is 0 Å².